The molecule has 0 aliphatic carbocycles. The minimum Gasteiger partial charge on any atom is -0.464 e. The SMILES string of the molecule is COC(=O)c1nn(-c2ccccc2)c2c1CN(C(C)=O)c1ccc(N)cc1-2. The zero-order valence-corrected chi connectivity index (χ0v) is 15.0. The first-order chi connectivity index (χ1) is 13.0. The van der Waals surface area contributed by atoms with E-state index in [-0.39, 0.29) is 18.1 Å². The number of carbonyl (C=O) groups excluding carboxylic acids is 2. The number of anilines is 2. The van der Waals surface area contributed by atoms with E-state index in [1.165, 1.54) is 14.0 Å². The summed E-state index contributed by atoms with van der Waals surface area (Å²) in [6, 6.07) is 14.9. The molecule has 7 heteroatoms. The second-order valence-corrected chi connectivity index (χ2v) is 6.30. The Hall–Kier alpha value is -3.61. The number of para-hydroxylation sites is 1. The summed E-state index contributed by atoms with van der Waals surface area (Å²) in [6.07, 6.45) is 0. The van der Waals surface area contributed by atoms with E-state index in [0.29, 0.717) is 11.3 Å². The predicted octanol–water partition coefficient (Wildman–Crippen LogP) is 2.77. The van der Waals surface area contributed by atoms with Crippen molar-refractivity contribution in [2.24, 2.45) is 0 Å². The van der Waals surface area contributed by atoms with Crippen molar-refractivity contribution in [2.45, 2.75) is 13.5 Å². The highest BCUT2D eigenvalue weighted by Gasteiger charge is 2.34. The average Bonchev–Trinajstić information content (AvgIpc) is 3.07. The van der Waals surface area contributed by atoms with Crippen molar-refractivity contribution in [3.63, 3.8) is 0 Å². The third-order valence-corrected chi connectivity index (χ3v) is 4.63. The van der Waals surface area contributed by atoms with Crippen LogP contribution in [0.5, 0.6) is 0 Å². The van der Waals surface area contributed by atoms with Crippen molar-refractivity contribution in [1.82, 2.24) is 9.78 Å². The van der Waals surface area contributed by atoms with E-state index < -0.39 is 5.97 Å². The van der Waals surface area contributed by atoms with E-state index >= 15 is 0 Å². The molecule has 2 aromatic carbocycles. The molecule has 0 radical (unpaired) electrons. The highest BCUT2D eigenvalue weighted by Crippen LogP contribution is 2.42. The second kappa shape index (κ2) is 6.28. The van der Waals surface area contributed by atoms with Gasteiger partial charge in [-0.1, -0.05) is 18.2 Å². The quantitative estimate of drug-likeness (QED) is 0.559. The summed E-state index contributed by atoms with van der Waals surface area (Å²) in [6.45, 7) is 1.73. The van der Waals surface area contributed by atoms with Gasteiger partial charge in [-0.15, -0.1) is 0 Å². The van der Waals surface area contributed by atoms with Crippen LogP contribution >= 0.6 is 0 Å². The zero-order valence-electron chi connectivity index (χ0n) is 15.0. The van der Waals surface area contributed by atoms with Crippen LogP contribution in [0, 0.1) is 0 Å². The van der Waals surface area contributed by atoms with E-state index in [4.69, 9.17) is 10.5 Å². The van der Waals surface area contributed by atoms with Crippen molar-refractivity contribution in [3.8, 4) is 16.9 Å². The lowest BCUT2D eigenvalue weighted by atomic mass is 9.97. The minimum atomic E-state index is -0.545. The smallest absolute Gasteiger partial charge is 0.358 e. The van der Waals surface area contributed by atoms with Crippen LogP contribution in [0.3, 0.4) is 0 Å². The molecular formula is C20H18N4O3. The third-order valence-electron chi connectivity index (χ3n) is 4.63. The maximum absolute atomic E-state index is 12.4. The molecule has 0 bridgehead atoms. The van der Waals surface area contributed by atoms with Crippen molar-refractivity contribution < 1.29 is 14.3 Å². The number of esters is 1. The maximum Gasteiger partial charge on any atom is 0.358 e. The number of hydrogen-bond acceptors (Lipinski definition) is 5. The fourth-order valence-electron chi connectivity index (χ4n) is 3.40. The van der Waals surface area contributed by atoms with Crippen molar-refractivity contribution in [3.05, 3.63) is 59.8 Å². The van der Waals surface area contributed by atoms with Gasteiger partial charge < -0.3 is 15.4 Å². The van der Waals surface area contributed by atoms with Crippen LogP contribution in [-0.2, 0) is 16.1 Å². The zero-order chi connectivity index (χ0) is 19.1. The Kier molecular flexibility index (Phi) is 3.92. The molecular weight excluding hydrogens is 344 g/mol. The summed E-state index contributed by atoms with van der Waals surface area (Å²) in [5, 5.41) is 4.52. The van der Waals surface area contributed by atoms with E-state index in [9.17, 15) is 9.59 Å². The molecule has 0 atom stereocenters. The molecule has 3 aromatic rings. The fourth-order valence-corrected chi connectivity index (χ4v) is 3.40. The molecule has 1 aromatic heterocycles. The van der Waals surface area contributed by atoms with Crippen molar-refractivity contribution in [1.29, 1.82) is 0 Å². The lowest BCUT2D eigenvalue weighted by Crippen LogP contribution is -2.31. The van der Waals surface area contributed by atoms with Crippen LogP contribution in [0.4, 0.5) is 11.4 Å². The number of amides is 1. The molecule has 0 saturated heterocycles. The molecule has 4 rings (SSSR count). The topological polar surface area (TPSA) is 90.5 Å². The van der Waals surface area contributed by atoms with E-state index in [0.717, 1.165) is 22.6 Å². The first-order valence-electron chi connectivity index (χ1n) is 8.45. The standard InChI is InChI=1S/C20H18N4O3/c1-12(25)23-11-16-18(20(26)27-2)22-24(14-6-4-3-5-7-14)19(16)15-10-13(21)8-9-17(15)23/h3-10H,11,21H2,1-2H3. The van der Waals surface area contributed by atoms with Gasteiger partial charge in [0.1, 0.15) is 0 Å². The minimum absolute atomic E-state index is 0.130. The van der Waals surface area contributed by atoms with Gasteiger partial charge in [0.05, 0.1) is 30.7 Å². The number of carbonyl (C=O) groups is 2. The van der Waals surface area contributed by atoms with Crippen LogP contribution in [0.2, 0.25) is 0 Å². The lowest BCUT2D eigenvalue weighted by molar-refractivity contribution is -0.116. The number of nitrogen functional groups attached to an aromatic ring is 1. The number of nitrogens with two attached hydrogens (primary N) is 1. The molecule has 27 heavy (non-hydrogen) atoms. The highest BCUT2D eigenvalue weighted by atomic mass is 16.5. The first-order valence-corrected chi connectivity index (χ1v) is 8.45. The Morgan fingerprint density at radius 2 is 1.89 bits per heavy atom. The van der Waals surface area contributed by atoms with E-state index in [1.54, 1.807) is 21.7 Å². The number of nitrogens with zero attached hydrogens (tertiary/aromatic N) is 3. The van der Waals surface area contributed by atoms with Gasteiger partial charge in [0, 0.05) is 23.7 Å². The molecule has 1 aliphatic heterocycles. The molecule has 1 amide bonds. The monoisotopic (exact) mass is 362 g/mol. The van der Waals surface area contributed by atoms with E-state index in [2.05, 4.69) is 5.10 Å². The van der Waals surface area contributed by atoms with Gasteiger partial charge in [0.25, 0.3) is 0 Å². The maximum atomic E-state index is 12.4. The van der Waals surface area contributed by atoms with Gasteiger partial charge in [-0.3, -0.25) is 4.79 Å². The van der Waals surface area contributed by atoms with Crippen LogP contribution in [0.25, 0.3) is 16.9 Å². The Morgan fingerprint density at radius 3 is 2.56 bits per heavy atom. The van der Waals surface area contributed by atoms with Gasteiger partial charge in [0.15, 0.2) is 5.69 Å². The summed E-state index contributed by atoms with van der Waals surface area (Å²) in [7, 11) is 1.31. The third kappa shape index (κ3) is 2.64. The number of hydrogen-bond donors (Lipinski definition) is 1. The Bertz CT molecular complexity index is 1060. The number of ether oxygens (including phenoxy) is 1. The first kappa shape index (κ1) is 16.8. The van der Waals surface area contributed by atoms with Gasteiger partial charge >= 0.3 is 5.97 Å². The number of fused-ring (bicyclic) bond motifs is 3. The predicted molar refractivity (Wildman–Crippen MR) is 102 cm³/mol. The normalized spacial score (nSPS) is 12.3. The summed E-state index contributed by atoms with van der Waals surface area (Å²) < 4.78 is 6.62. The fraction of sp³-hybridized carbons (Fsp3) is 0.150. The van der Waals surface area contributed by atoms with Crippen LogP contribution in [0.1, 0.15) is 23.0 Å². The summed E-state index contributed by atoms with van der Waals surface area (Å²) in [4.78, 5) is 26.2. The largest absolute Gasteiger partial charge is 0.464 e. The molecule has 0 fully saturated rings. The van der Waals surface area contributed by atoms with Gasteiger partial charge in [0.2, 0.25) is 5.91 Å². The average molecular weight is 362 g/mol. The number of methoxy groups -OCH3 is 1. The van der Waals surface area contributed by atoms with Gasteiger partial charge in [-0.05, 0) is 30.3 Å². The highest BCUT2D eigenvalue weighted by molar-refractivity contribution is 6.02. The van der Waals surface area contributed by atoms with Crippen molar-refractivity contribution in [2.75, 3.05) is 17.7 Å². The Morgan fingerprint density at radius 1 is 1.15 bits per heavy atom. The molecule has 0 unspecified atom stereocenters. The summed E-state index contributed by atoms with van der Waals surface area (Å²) in [5.41, 5.74) is 10.4. The molecule has 2 N–H and O–H groups in total. The number of rotatable bonds is 2. The second-order valence-electron chi connectivity index (χ2n) is 6.30. The van der Waals surface area contributed by atoms with Gasteiger partial charge in [-0.25, -0.2) is 9.48 Å². The summed E-state index contributed by atoms with van der Waals surface area (Å²) in [5.74, 6) is -0.674. The molecule has 136 valence electrons. The lowest BCUT2D eigenvalue weighted by Gasteiger charge is -2.29. The molecule has 1 aliphatic rings. The van der Waals surface area contributed by atoms with E-state index in [1.807, 2.05) is 36.4 Å². The molecule has 0 saturated carbocycles. The molecule has 7 nitrogen and oxygen atoms in total. The molecule has 2 heterocycles. The molecule has 0 spiro atoms. The van der Waals surface area contributed by atoms with Crippen LogP contribution in [-0.4, -0.2) is 28.8 Å². The van der Waals surface area contributed by atoms with Gasteiger partial charge in [-0.2, -0.15) is 5.10 Å². The van der Waals surface area contributed by atoms with Crippen molar-refractivity contribution >= 4 is 23.3 Å². The number of benzene rings is 2. The Balaban J connectivity index is 2.06. The Labute approximate surface area is 156 Å². The number of aromatic nitrogens is 2. The summed E-state index contributed by atoms with van der Waals surface area (Å²) >= 11 is 0. The van der Waals surface area contributed by atoms with Crippen LogP contribution < -0.4 is 10.6 Å². The van der Waals surface area contributed by atoms with Crippen LogP contribution in [0.15, 0.2) is 48.5 Å².